The molecule has 1 aromatic carbocycles. The van der Waals surface area contributed by atoms with Crippen molar-refractivity contribution in [2.45, 2.75) is 12.8 Å². The Kier molecular flexibility index (Phi) is 3.25. The number of piperidine rings is 1. The molecule has 3 heteroatoms. The summed E-state index contributed by atoms with van der Waals surface area (Å²) in [7, 11) is 2.07. The number of hydrogen-bond donors (Lipinski definition) is 1. The maximum absolute atomic E-state index is 11.8. The maximum Gasteiger partial charge on any atom is 0.138 e. The van der Waals surface area contributed by atoms with Crippen LogP contribution in [-0.4, -0.2) is 30.8 Å². The molecule has 1 unspecified atom stereocenters. The minimum Gasteiger partial charge on any atom is -0.399 e. The third-order valence-electron chi connectivity index (χ3n) is 3.19. The van der Waals surface area contributed by atoms with Crippen LogP contribution >= 0.6 is 0 Å². The summed E-state index contributed by atoms with van der Waals surface area (Å²) in [5.74, 6) is 0.553. The number of likely N-dealkylation sites (tertiary alicyclic amines) is 1. The van der Waals surface area contributed by atoms with Crippen molar-refractivity contribution in [1.29, 1.82) is 0 Å². The van der Waals surface area contributed by atoms with Gasteiger partial charge in [0, 0.05) is 31.1 Å². The van der Waals surface area contributed by atoms with Crippen molar-refractivity contribution in [3.8, 4) is 0 Å². The van der Waals surface area contributed by atoms with E-state index in [4.69, 9.17) is 5.73 Å². The number of carbonyl (C=O) groups is 1. The Morgan fingerprint density at radius 1 is 1.38 bits per heavy atom. The molecule has 1 atom stereocenters. The molecule has 0 aromatic heterocycles. The van der Waals surface area contributed by atoms with Crippen LogP contribution in [-0.2, 0) is 11.2 Å². The van der Waals surface area contributed by atoms with Gasteiger partial charge < -0.3 is 10.6 Å². The fourth-order valence-electron chi connectivity index (χ4n) is 2.19. The van der Waals surface area contributed by atoms with Gasteiger partial charge in [0.15, 0.2) is 0 Å². The van der Waals surface area contributed by atoms with E-state index < -0.39 is 0 Å². The zero-order chi connectivity index (χ0) is 11.5. The van der Waals surface area contributed by atoms with Gasteiger partial charge in [-0.1, -0.05) is 12.1 Å². The average Bonchev–Trinajstić information content (AvgIpc) is 2.27. The summed E-state index contributed by atoms with van der Waals surface area (Å²) in [6, 6.07) is 7.81. The number of Topliss-reactive ketones (excluding diaryl/α,β-unsaturated/α-hetero) is 1. The summed E-state index contributed by atoms with van der Waals surface area (Å²) in [6.07, 6.45) is 1.53. The van der Waals surface area contributed by atoms with Gasteiger partial charge in [-0.2, -0.15) is 0 Å². The van der Waals surface area contributed by atoms with E-state index in [0.717, 1.165) is 25.2 Å². The quantitative estimate of drug-likeness (QED) is 0.762. The monoisotopic (exact) mass is 218 g/mol. The molecule has 0 aliphatic carbocycles. The van der Waals surface area contributed by atoms with Gasteiger partial charge in [0.1, 0.15) is 5.78 Å². The molecule has 2 N–H and O–H groups in total. The second-order valence-electron chi connectivity index (χ2n) is 4.62. The third kappa shape index (κ3) is 2.61. The van der Waals surface area contributed by atoms with Crippen molar-refractivity contribution >= 4 is 11.5 Å². The molecular weight excluding hydrogens is 200 g/mol. The molecule has 0 spiro atoms. The van der Waals surface area contributed by atoms with Crippen molar-refractivity contribution in [2.24, 2.45) is 5.92 Å². The summed E-state index contributed by atoms with van der Waals surface area (Å²) in [6.45, 7) is 1.78. The molecule has 2 rings (SSSR count). The predicted octanol–water partition coefficient (Wildman–Crippen LogP) is 1.33. The smallest absolute Gasteiger partial charge is 0.138 e. The summed E-state index contributed by atoms with van der Waals surface area (Å²) < 4.78 is 0. The number of hydrogen-bond acceptors (Lipinski definition) is 3. The van der Waals surface area contributed by atoms with Crippen molar-refractivity contribution in [2.75, 3.05) is 25.9 Å². The fourth-order valence-corrected chi connectivity index (χ4v) is 2.19. The van der Waals surface area contributed by atoms with E-state index >= 15 is 0 Å². The molecular formula is C13H18N2O. The van der Waals surface area contributed by atoms with Gasteiger partial charge in [0.2, 0.25) is 0 Å². The molecule has 1 aliphatic rings. The Morgan fingerprint density at radius 2 is 2.06 bits per heavy atom. The zero-order valence-corrected chi connectivity index (χ0v) is 9.65. The van der Waals surface area contributed by atoms with Crippen molar-refractivity contribution in [1.82, 2.24) is 4.90 Å². The highest BCUT2D eigenvalue weighted by Crippen LogP contribution is 2.17. The normalized spacial score (nSPS) is 22.3. The molecule has 1 aliphatic heterocycles. The lowest BCUT2D eigenvalue weighted by Crippen LogP contribution is -2.39. The first kappa shape index (κ1) is 11.1. The summed E-state index contributed by atoms with van der Waals surface area (Å²) >= 11 is 0. The van der Waals surface area contributed by atoms with Crippen LogP contribution in [0.25, 0.3) is 0 Å². The Bertz CT molecular complexity index is 372. The lowest BCUT2D eigenvalue weighted by atomic mass is 9.90. The van der Waals surface area contributed by atoms with Gasteiger partial charge in [0.25, 0.3) is 0 Å². The molecule has 3 nitrogen and oxygen atoms in total. The number of ketones is 1. The number of benzene rings is 1. The third-order valence-corrected chi connectivity index (χ3v) is 3.19. The Hall–Kier alpha value is -1.35. The first-order valence-electron chi connectivity index (χ1n) is 5.71. The first-order valence-corrected chi connectivity index (χ1v) is 5.71. The molecule has 0 saturated carbocycles. The van der Waals surface area contributed by atoms with Gasteiger partial charge in [-0.05, 0) is 31.2 Å². The number of anilines is 1. The Morgan fingerprint density at radius 3 is 2.75 bits per heavy atom. The van der Waals surface area contributed by atoms with Crippen LogP contribution < -0.4 is 5.73 Å². The van der Waals surface area contributed by atoms with E-state index in [-0.39, 0.29) is 5.92 Å². The van der Waals surface area contributed by atoms with E-state index in [1.54, 1.807) is 0 Å². The van der Waals surface area contributed by atoms with Crippen LogP contribution in [0.1, 0.15) is 12.0 Å². The molecule has 1 heterocycles. The minimum absolute atomic E-state index is 0.155. The SMILES string of the molecule is CN1CCC(=O)C(Cc2ccc(N)cc2)C1. The predicted molar refractivity (Wildman–Crippen MR) is 65.2 cm³/mol. The fraction of sp³-hybridized carbons (Fsp3) is 0.462. The van der Waals surface area contributed by atoms with Gasteiger partial charge >= 0.3 is 0 Å². The van der Waals surface area contributed by atoms with E-state index in [1.165, 1.54) is 5.56 Å². The number of rotatable bonds is 2. The van der Waals surface area contributed by atoms with Crippen LogP contribution in [0.15, 0.2) is 24.3 Å². The van der Waals surface area contributed by atoms with Crippen LogP contribution in [0.2, 0.25) is 0 Å². The molecule has 0 bridgehead atoms. The van der Waals surface area contributed by atoms with Crippen LogP contribution in [0.3, 0.4) is 0 Å². The molecule has 86 valence electrons. The minimum atomic E-state index is 0.155. The Balaban J connectivity index is 2.02. The number of nitrogen functional groups attached to an aromatic ring is 1. The average molecular weight is 218 g/mol. The summed E-state index contributed by atoms with van der Waals surface area (Å²) in [5, 5.41) is 0. The maximum atomic E-state index is 11.8. The van der Waals surface area contributed by atoms with Gasteiger partial charge in [-0.3, -0.25) is 4.79 Å². The highest BCUT2D eigenvalue weighted by Gasteiger charge is 2.25. The molecule has 1 saturated heterocycles. The molecule has 0 radical (unpaired) electrons. The van der Waals surface area contributed by atoms with Gasteiger partial charge in [-0.15, -0.1) is 0 Å². The van der Waals surface area contributed by atoms with Gasteiger partial charge in [0.05, 0.1) is 0 Å². The molecule has 0 amide bonds. The zero-order valence-electron chi connectivity index (χ0n) is 9.65. The van der Waals surface area contributed by atoms with Crippen molar-refractivity contribution in [3.63, 3.8) is 0 Å². The number of nitrogens with two attached hydrogens (primary N) is 1. The highest BCUT2D eigenvalue weighted by molar-refractivity contribution is 5.82. The Labute approximate surface area is 96.2 Å². The first-order chi connectivity index (χ1) is 7.65. The lowest BCUT2D eigenvalue weighted by Gasteiger charge is -2.28. The van der Waals surface area contributed by atoms with Crippen molar-refractivity contribution in [3.05, 3.63) is 29.8 Å². The van der Waals surface area contributed by atoms with E-state index in [1.807, 2.05) is 24.3 Å². The second kappa shape index (κ2) is 4.66. The van der Waals surface area contributed by atoms with Crippen LogP contribution in [0.4, 0.5) is 5.69 Å². The van der Waals surface area contributed by atoms with E-state index in [9.17, 15) is 4.79 Å². The number of carbonyl (C=O) groups excluding carboxylic acids is 1. The lowest BCUT2D eigenvalue weighted by molar-refractivity contribution is -0.125. The largest absolute Gasteiger partial charge is 0.399 e. The standard InChI is InChI=1S/C13H18N2O/c1-15-7-6-13(16)11(9-15)8-10-2-4-12(14)5-3-10/h2-5,11H,6-9,14H2,1H3. The topological polar surface area (TPSA) is 46.3 Å². The van der Waals surface area contributed by atoms with Gasteiger partial charge in [-0.25, -0.2) is 0 Å². The van der Waals surface area contributed by atoms with Crippen LogP contribution in [0, 0.1) is 5.92 Å². The molecule has 1 fully saturated rings. The summed E-state index contributed by atoms with van der Waals surface area (Å²) in [5.41, 5.74) is 7.61. The van der Waals surface area contributed by atoms with Crippen LogP contribution in [0.5, 0.6) is 0 Å². The molecule has 1 aromatic rings. The van der Waals surface area contributed by atoms with E-state index in [2.05, 4.69) is 11.9 Å². The highest BCUT2D eigenvalue weighted by atomic mass is 16.1. The molecule has 16 heavy (non-hydrogen) atoms. The van der Waals surface area contributed by atoms with E-state index in [0.29, 0.717) is 12.2 Å². The number of nitrogens with zero attached hydrogens (tertiary/aromatic N) is 1. The van der Waals surface area contributed by atoms with Crippen molar-refractivity contribution < 1.29 is 4.79 Å². The summed E-state index contributed by atoms with van der Waals surface area (Å²) in [4.78, 5) is 14.0. The second-order valence-corrected chi connectivity index (χ2v) is 4.62.